The molecule has 0 aliphatic carbocycles. The third-order valence-corrected chi connectivity index (χ3v) is 5.43. The topological polar surface area (TPSA) is 85.2 Å². The van der Waals surface area contributed by atoms with E-state index in [1.54, 1.807) is 35.2 Å². The fourth-order valence-corrected chi connectivity index (χ4v) is 3.80. The Morgan fingerprint density at radius 2 is 1.70 bits per heavy atom. The lowest BCUT2D eigenvalue weighted by molar-refractivity contribution is -0.120. The summed E-state index contributed by atoms with van der Waals surface area (Å²) in [6.07, 6.45) is 0.707. The Hall–Kier alpha value is -4.25. The van der Waals surface area contributed by atoms with Crippen molar-refractivity contribution in [2.75, 3.05) is 16.8 Å². The summed E-state index contributed by atoms with van der Waals surface area (Å²) >= 11 is 0. The third-order valence-electron chi connectivity index (χ3n) is 5.43. The summed E-state index contributed by atoms with van der Waals surface area (Å²) in [5, 5.41) is 14.3. The van der Waals surface area contributed by atoms with E-state index in [0.29, 0.717) is 29.9 Å². The first kappa shape index (κ1) is 22.0. The number of nitriles is 1. The summed E-state index contributed by atoms with van der Waals surface area (Å²) in [5.74, 6) is -1.13. The summed E-state index contributed by atoms with van der Waals surface area (Å²) < 4.78 is 26.7. The van der Waals surface area contributed by atoms with Gasteiger partial charge in [0.1, 0.15) is 17.7 Å². The number of nitrogens with one attached hydrogen (secondary N) is 2. The van der Waals surface area contributed by atoms with E-state index >= 15 is 0 Å². The predicted octanol–water partition coefficient (Wildman–Crippen LogP) is 4.16. The summed E-state index contributed by atoms with van der Waals surface area (Å²) in [6, 6.07) is 16.8. The van der Waals surface area contributed by atoms with Gasteiger partial charge in [0.05, 0.1) is 11.6 Å². The molecule has 0 radical (unpaired) electrons. The first-order valence-corrected chi connectivity index (χ1v) is 10.3. The molecule has 3 amide bonds. The van der Waals surface area contributed by atoms with E-state index < -0.39 is 17.9 Å². The van der Waals surface area contributed by atoms with Crippen molar-refractivity contribution in [3.63, 3.8) is 0 Å². The van der Waals surface area contributed by atoms with Crippen LogP contribution in [0.2, 0.25) is 0 Å². The highest BCUT2D eigenvalue weighted by molar-refractivity contribution is 6.02. The van der Waals surface area contributed by atoms with Crippen molar-refractivity contribution in [2.24, 2.45) is 0 Å². The molecule has 0 aromatic heterocycles. The van der Waals surface area contributed by atoms with E-state index in [1.165, 1.54) is 36.4 Å². The van der Waals surface area contributed by atoms with Crippen LogP contribution in [-0.4, -0.2) is 24.5 Å². The molecule has 8 heteroatoms. The maximum absolute atomic E-state index is 13.6. The zero-order chi connectivity index (χ0) is 23.4. The van der Waals surface area contributed by atoms with Crippen molar-refractivity contribution in [3.8, 4) is 6.07 Å². The summed E-state index contributed by atoms with van der Waals surface area (Å²) in [5.41, 5.74) is 2.97. The maximum Gasteiger partial charge on any atom is 0.319 e. The Balaban J connectivity index is 1.55. The van der Waals surface area contributed by atoms with Crippen molar-refractivity contribution in [1.29, 1.82) is 5.26 Å². The monoisotopic (exact) mass is 446 g/mol. The van der Waals surface area contributed by atoms with Gasteiger partial charge < -0.3 is 15.5 Å². The minimum absolute atomic E-state index is 0.189. The second kappa shape index (κ2) is 9.49. The first-order chi connectivity index (χ1) is 15.9. The van der Waals surface area contributed by atoms with Gasteiger partial charge in [-0.3, -0.25) is 4.79 Å². The van der Waals surface area contributed by atoms with E-state index in [-0.39, 0.29) is 18.1 Å². The fraction of sp³-hybridized carbons (Fsp3) is 0.160. The number of urea groups is 1. The number of benzene rings is 3. The van der Waals surface area contributed by atoms with Crippen LogP contribution in [-0.2, 0) is 17.6 Å². The summed E-state index contributed by atoms with van der Waals surface area (Å²) in [6.45, 7) is 0.378. The largest absolute Gasteiger partial charge is 0.326 e. The Morgan fingerprint density at radius 1 is 1.00 bits per heavy atom. The standard InChI is InChI=1S/C25H20F2N4O2/c26-19-5-8-21(9-6-19)29-25(33)30-22(13-16-1-3-17(15-28)4-2-16)24(32)31-12-11-18-14-20(27)7-10-23(18)31/h1-10,14,22H,11-13H2,(H2,29,30,33)/t22-/m0/s1. The highest BCUT2D eigenvalue weighted by Gasteiger charge is 2.31. The van der Waals surface area contributed by atoms with Crippen LogP contribution in [0.5, 0.6) is 0 Å². The number of rotatable bonds is 5. The molecule has 0 saturated carbocycles. The lowest BCUT2D eigenvalue weighted by Crippen LogP contribution is -2.50. The zero-order valence-corrected chi connectivity index (χ0v) is 17.5. The molecule has 0 bridgehead atoms. The molecular weight excluding hydrogens is 426 g/mol. The molecule has 3 aromatic carbocycles. The SMILES string of the molecule is N#Cc1ccc(C[C@H](NC(=O)Nc2ccc(F)cc2)C(=O)N2CCc3cc(F)ccc32)cc1. The van der Waals surface area contributed by atoms with Gasteiger partial charge in [0.15, 0.2) is 0 Å². The highest BCUT2D eigenvalue weighted by atomic mass is 19.1. The van der Waals surface area contributed by atoms with Crippen molar-refractivity contribution in [3.05, 3.63) is 95.1 Å². The van der Waals surface area contributed by atoms with Crippen LogP contribution in [0.15, 0.2) is 66.7 Å². The van der Waals surface area contributed by atoms with E-state index in [0.717, 1.165) is 11.1 Å². The number of anilines is 2. The summed E-state index contributed by atoms with van der Waals surface area (Å²) in [4.78, 5) is 27.6. The number of carbonyl (C=O) groups excluding carboxylic acids is 2. The number of hydrogen-bond acceptors (Lipinski definition) is 3. The molecule has 1 aliphatic rings. The molecule has 0 unspecified atom stereocenters. The summed E-state index contributed by atoms with van der Waals surface area (Å²) in [7, 11) is 0. The van der Waals surface area contributed by atoms with E-state index in [9.17, 15) is 18.4 Å². The number of carbonyl (C=O) groups is 2. The smallest absolute Gasteiger partial charge is 0.319 e. The molecule has 1 heterocycles. The third kappa shape index (κ3) is 5.15. The van der Waals surface area contributed by atoms with Crippen molar-refractivity contribution < 1.29 is 18.4 Å². The van der Waals surface area contributed by atoms with Crippen molar-refractivity contribution >= 4 is 23.3 Å². The molecule has 6 nitrogen and oxygen atoms in total. The van der Waals surface area contributed by atoms with Gasteiger partial charge in [-0.1, -0.05) is 12.1 Å². The van der Waals surface area contributed by atoms with E-state index in [1.807, 2.05) is 6.07 Å². The molecule has 33 heavy (non-hydrogen) atoms. The van der Waals surface area contributed by atoms with Crippen LogP contribution >= 0.6 is 0 Å². The van der Waals surface area contributed by atoms with Crippen molar-refractivity contribution in [1.82, 2.24) is 5.32 Å². The second-order valence-electron chi connectivity index (χ2n) is 7.68. The molecule has 166 valence electrons. The number of nitrogens with zero attached hydrogens (tertiary/aromatic N) is 2. The average Bonchev–Trinajstić information content (AvgIpc) is 3.23. The van der Waals surface area contributed by atoms with Gasteiger partial charge in [0.25, 0.3) is 0 Å². The van der Waals surface area contributed by atoms with Crippen molar-refractivity contribution in [2.45, 2.75) is 18.9 Å². The van der Waals surface area contributed by atoms with Gasteiger partial charge in [-0.05, 0) is 72.1 Å². The maximum atomic E-state index is 13.6. The van der Waals surface area contributed by atoms with Crippen LogP contribution in [0, 0.1) is 23.0 Å². The lowest BCUT2D eigenvalue weighted by Gasteiger charge is -2.25. The molecular formula is C25H20F2N4O2. The highest BCUT2D eigenvalue weighted by Crippen LogP contribution is 2.29. The Bertz CT molecular complexity index is 1220. The minimum Gasteiger partial charge on any atom is -0.326 e. The van der Waals surface area contributed by atoms with Gasteiger partial charge in [-0.2, -0.15) is 5.26 Å². The molecule has 4 rings (SSSR count). The Kier molecular flexibility index (Phi) is 6.31. The molecule has 1 atom stereocenters. The number of halogens is 2. The Labute approximate surface area is 189 Å². The van der Waals surface area contributed by atoms with Gasteiger partial charge in [-0.15, -0.1) is 0 Å². The normalized spacial score (nSPS) is 13.1. The molecule has 0 fully saturated rings. The van der Waals surface area contributed by atoms with Gasteiger partial charge in [0.2, 0.25) is 5.91 Å². The predicted molar refractivity (Wildman–Crippen MR) is 120 cm³/mol. The molecule has 1 aliphatic heterocycles. The quantitative estimate of drug-likeness (QED) is 0.617. The van der Waals surface area contributed by atoms with Crippen LogP contribution in [0.1, 0.15) is 16.7 Å². The van der Waals surface area contributed by atoms with Gasteiger partial charge in [-0.25, -0.2) is 13.6 Å². The molecule has 3 aromatic rings. The molecule has 0 spiro atoms. The average molecular weight is 446 g/mol. The van der Waals surface area contributed by atoms with Gasteiger partial charge >= 0.3 is 6.03 Å². The number of hydrogen-bond donors (Lipinski definition) is 2. The second-order valence-corrected chi connectivity index (χ2v) is 7.68. The first-order valence-electron chi connectivity index (χ1n) is 10.3. The number of fused-ring (bicyclic) bond motifs is 1. The Morgan fingerprint density at radius 3 is 2.39 bits per heavy atom. The van der Waals surface area contributed by atoms with E-state index in [4.69, 9.17) is 5.26 Å². The van der Waals surface area contributed by atoms with Gasteiger partial charge in [0, 0.05) is 24.3 Å². The molecule has 2 N–H and O–H groups in total. The van der Waals surface area contributed by atoms with E-state index in [2.05, 4.69) is 10.6 Å². The number of amides is 3. The van der Waals surface area contributed by atoms with Crippen LogP contribution in [0.4, 0.5) is 25.0 Å². The fourth-order valence-electron chi connectivity index (χ4n) is 3.80. The van der Waals surface area contributed by atoms with Crippen LogP contribution in [0.3, 0.4) is 0 Å². The van der Waals surface area contributed by atoms with Crippen LogP contribution < -0.4 is 15.5 Å². The van der Waals surface area contributed by atoms with Crippen LogP contribution in [0.25, 0.3) is 0 Å². The zero-order valence-electron chi connectivity index (χ0n) is 17.5. The lowest BCUT2D eigenvalue weighted by atomic mass is 10.0. The minimum atomic E-state index is -0.922. The molecule has 0 saturated heterocycles.